The van der Waals surface area contributed by atoms with Gasteiger partial charge in [0.25, 0.3) is 10.0 Å². The van der Waals surface area contributed by atoms with Crippen LogP contribution in [0.15, 0.2) is 65.8 Å². The minimum atomic E-state index is -4.01. The van der Waals surface area contributed by atoms with Crippen LogP contribution in [0.5, 0.6) is 0 Å². The number of carbonyl (C=O) groups is 1. The van der Waals surface area contributed by atoms with Crippen LogP contribution in [-0.2, 0) is 31.7 Å². The predicted molar refractivity (Wildman–Crippen MR) is 161 cm³/mol. The summed E-state index contributed by atoms with van der Waals surface area (Å²) in [5.74, 6) is 0. The van der Waals surface area contributed by atoms with Crippen LogP contribution in [0, 0.1) is 5.41 Å². The first kappa shape index (κ1) is 27.9. The molecule has 10 nitrogen and oxygen atoms in total. The third-order valence-corrected chi connectivity index (χ3v) is 9.46. The van der Waals surface area contributed by atoms with E-state index < -0.39 is 27.3 Å². The summed E-state index contributed by atoms with van der Waals surface area (Å²) in [4.78, 5) is 19.5. The van der Waals surface area contributed by atoms with Gasteiger partial charge in [0, 0.05) is 71.9 Å². The van der Waals surface area contributed by atoms with Crippen LogP contribution in [0.25, 0.3) is 22.2 Å². The van der Waals surface area contributed by atoms with Crippen LogP contribution in [0.4, 0.5) is 10.5 Å². The summed E-state index contributed by atoms with van der Waals surface area (Å²) >= 11 is 0. The molecule has 2 aliphatic heterocycles. The van der Waals surface area contributed by atoms with E-state index in [1.165, 1.54) is 10.2 Å². The summed E-state index contributed by atoms with van der Waals surface area (Å²) in [5.41, 5.74) is 3.31. The van der Waals surface area contributed by atoms with E-state index in [1.807, 2.05) is 39.0 Å². The summed E-state index contributed by atoms with van der Waals surface area (Å²) in [6, 6.07) is 13.9. The summed E-state index contributed by atoms with van der Waals surface area (Å²) in [5, 5.41) is 11.7. The Balaban J connectivity index is 1.58. The van der Waals surface area contributed by atoms with Gasteiger partial charge in [0.15, 0.2) is 5.65 Å². The summed E-state index contributed by atoms with van der Waals surface area (Å²) in [6.07, 6.45) is 4.66. The van der Waals surface area contributed by atoms with Crippen molar-refractivity contribution in [2.45, 2.75) is 49.9 Å². The van der Waals surface area contributed by atoms with E-state index in [0.29, 0.717) is 36.1 Å². The quantitative estimate of drug-likeness (QED) is 0.302. The molecule has 11 heteroatoms. The SMILES string of the molecule is CNc1ccc(-c2cn(S(=O)(=O)c3ccccc3)c3ncc4c(c23)C2(CCN(C(=O)OC(C)(C)C)C2)OC4)cc1C=N. The first-order valence-electron chi connectivity index (χ1n) is 13.8. The van der Waals surface area contributed by atoms with E-state index in [0.717, 1.165) is 22.4 Å². The van der Waals surface area contributed by atoms with Gasteiger partial charge in [0.05, 0.1) is 18.0 Å². The predicted octanol–water partition coefficient (Wildman–Crippen LogP) is 5.35. The topological polar surface area (TPSA) is 127 Å². The van der Waals surface area contributed by atoms with Crippen LogP contribution in [0.3, 0.4) is 0 Å². The molecular formula is C31H33N5O5S. The molecule has 218 valence electrons. The Kier molecular flexibility index (Phi) is 6.62. The van der Waals surface area contributed by atoms with Gasteiger partial charge in [0.2, 0.25) is 0 Å². The van der Waals surface area contributed by atoms with E-state index in [-0.39, 0.29) is 17.1 Å². The second kappa shape index (κ2) is 9.95. The lowest BCUT2D eigenvalue weighted by atomic mass is 9.87. The van der Waals surface area contributed by atoms with Gasteiger partial charge in [-0.05, 0) is 50.6 Å². The second-order valence-corrected chi connectivity index (χ2v) is 13.5. The molecule has 2 aliphatic rings. The Hall–Kier alpha value is -4.22. The van der Waals surface area contributed by atoms with E-state index >= 15 is 0 Å². The molecule has 4 heterocycles. The van der Waals surface area contributed by atoms with Gasteiger partial charge in [-0.3, -0.25) is 0 Å². The molecule has 1 fully saturated rings. The number of hydrogen-bond acceptors (Lipinski definition) is 8. The van der Waals surface area contributed by atoms with Crippen LogP contribution in [-0.4, -0.2) is 60.3 Å². The van der Waals surface area contributed by atoms with Gasteiger partial charge in [-0.25, -0.2) is 22.2 Å². The molecule has 0 saturated carbocycles. The van der Waals surface area contributed by atoms with Crippen LogP contribution in [0.2, 0.25) is 0 Å². The molecule has 1 spiro atoms. The van der Waals surface area contributed by atoms with Crippen molar-refractivity contribution in [2.24, 2.45) is 0 Å². The Labute approximate surface area is 244 Å². The van der Waals surface area contributed by atoms with Gasteiger partial charge in [-0.1, -0.05) is 24.3 Å². The molecule has 2 N–H and O–H groups in total. The fourth-order valence-corrected chi connectivity index (χ4v) is 7.23. The van der Waals surface area contributed by atoms with Gasteiger partial charge >= 0.3 is 6.09 Å². The Morgan fingerprint density at radius 3 is 2.64 bits per heavy atom. The number of ether oxygens (including phenoxy) is 2. The van der Waals surface area contributed by atoms with Crippen molar-refractivity contribution in [3.63, 3.8) is 0 Å². The standard InChI is InChI=1S/C31H33N5O5S/c1-30(2,3)41-29(37)35-13-12-31(19-35)27-22(18-40-31)16-34-28-26(27)24(20-10-11-25(33-4)21(14-20)15-32)17-36(28)42(38,39)23-8-6-5-7-9-23/h5-11,14-17,32-33H,12-13,18-19H2,1-4H3. The third kappa shape index (κ3) is 4.53. The number of aromatic nitrogens is 2. The highest BCUT2D eigenvalue weighted by Gasteiger charge is 2.49. The highest BCUT2D eigenvalue weighted by molar-refractivity contribution is 7.90. The maximum Gasteiger partial charge on any atom is 0.410 e. The number of pyridine rings is 1. The molecule has 1 unspecified atom stereocenters. The lowest BCUT2D eigenvalue weighted by molar-refractivity contribution is -0.0320. The molecule has 0 bridgehead atoms. The van der Waals surface area contributed by atoms with E-state index in [2.05, 4.69) is 10.3 Å². The number of nitrogens with one attached hydrogen (secondary N) is 2. The van der Waals surface area contributed by atoms with Crippen molar-refractivity contribution >= 4 is 39.1 Å². The largest absolute Gasteiger partial charge is 0.444 e. The van der Waals surface area contributed by atoms with Crippen molar-refractivity contribution < 1.29 is 22.7 Å². The number of hydrogen-bond donors (Lipinski definition) is 2. The molecule has 1 amide bonds. The minimum Gasteiger partial charge on any atom is -0.444 e. The van der Waals surface area contributed by atoms with Gasteiger partial charge in [-0.15, -0.1) is 0 Å². The first-order valence-corrected chi connectivity index (χ1v) is 15.2. The van der Waals surface area contributed by atoms with Crippen molar-refractivity contribution in [3.05, 3.63) is 77.6 Å². The zero-order valence-corrected chi connectivity index (χ0v) is 24.8. The van der Waals surface area contributed by atoms with Gasteiger partial charge in [-0.2, -0.15) is 0 Å². The molecule has 2 aromatic carbocycles. The van der Waals surface area contributed by atoms with Crippen molar-refractivity contribution in [2.75, 3.05) is 25.5 Å². The molecule has 4 aromatic rings. The molecule has 0 radical (unpaired) electrons. The first-order chi connectivity index (χ1) is 20.0. The summed E-state index contributed by atoms with van der Waals surface area (Å²) in [7, 11) is -2.22. The van der Waals surface area contributed by atoms with E-state index in [9.17, 15) is 13.2 Å². The Bertz CT molecular complexity index is 1830. The summed E-state index contributed by atoms with van der Waals surface area (Å²) < 4.78 is 41.3. The second-order valence-electron chi connectivity index (χ2n) is 11.6. The van der Waals surface area contributed by atoms with Gasteiger partial charge in [0.1, 0.15) is 11.2 Å². The van der Waals surface area contributed by atoms with Crippen molar-refractivity contribution in [1.82, 2.24) is 13.9 Å². The molecule has 1 saturated heterocycles. The number of carbonyl (C=O) groups excluding carboxylic acids is 1. The number of nitrogens with zero attached hydrogens (tertiary/aromatic N) is 3. The minimum absolute atomic E-state index is 0.143. The molecule has 1 atom stereocenters. The van der Waals surface area contributed by atoms with Crippen LogP contribution >= 0.6 is 0 Å². The van der Waals surface area contributed by atoms with E-state index in [4.69, 9.17) is 14.9 Å². The molecule has 0 aliphatic carbocycles. The zero-order valence-electron chi connectivity index (χ0n) is 24.0. The Morgan fingerprint density at radius 1 is 1.19 bits per heavy atom. The lowest BCUT2D eigenvalue weighted by Crippen LogP contribution is -2.38. The number of likely N-dealkylation sites (tertiary alicyclic amines) is 1. The maximum atomic E-state index is 14.0. The number of anilines is 1. The Morgan fingerprint density at radius 2 is 1.95 bits per heavy atom. The fraction of sp³-hybridized carbons (Fsp3) is 0.323. The van der Waals surface area contributed by atoms with Crippen LogP contribution in [0.1, 0.15) is 43.9 Å². The average molecular weight is 588 g/mol. The zero-order chi connectivity index (χ0) is 29.9. The monoisotopic (exact) mass is 587 g/mol. The lowest BCUT2D eigenvalue weighted by Gasteiger charge is -2.27. The highest BCUT2D eigenvalue weighted by Crippen LogP contribution is 2.49. The normalized spacial score (nSPS) is 18.4. The van der Waals surface area contributed by atoms with Crippen LogP contribution < -0.4 is 5.32 Å². The van der Waals surface area contributed by atoms with E-state index in [1.54, 1.807) is 54.7 Å². The molecular weight excluding hydrogens is 554 g/mol. The fourth-order valence-electron chi connectivity index (χ4n) is 5.90. The maximum absolute atomic E-state index is 14.0. The third-order valence-electron chi connectivity index (χ3n) is 7.79. The summed E-state index contributed by atoms with van der Waals surface area (Å²) in [6.45, 7) is 6.49. The number of fused-ring (bicyclic) bond motifs is 4. The van der Waals surface area contributed by atoms with Gasteiger partial charge < -0.3 is 25.1 Å². The van der Waals surface area contributed by atoms with Crippen molar-refractivity contribution in [1.29, 1.82) is 5.41 Å². The number of rotatable bonds is 5. The number of amides is 1. The number of benzene rings is 2. The molecule has 42 heavy (non-hydrogen) atoms. The average Bonchev–Trinajstić information content (AvgIpc) is 3.68. The van der Waals surface area contributed by atoms with Crippen molar-refractivity contribution in [3.8, 4) is 11.1 Å². The highest BCUT2D eigenvalue weighted by atomic mass is 32.2. The molecule has 2 aromatic heterocycles. The molecule has 6 rings (SSSR count). The smallest absolute Gasteiger partial charge is 0.410 e.